The lowest BCUT2D eigenvalue weighted by Gasteiger charge is -2.08. The molecular formula is C15H14N4O2S. The Morgan fingerprint density at radius 2 is 2.18 bits per heavy atom. The fourth-order valence-electron chi connectivity index (χ4n) is 2.71. The molecular weight excluding hydrogens is 300 g/mol. The van der Waals surface area contributed by atoms with Crippen LogP contribution >= 0.6 is 12.2 Å². The molecule has 1 aliphatic carbocycles. The number of anilines is 1. The molecule has 1 fully saturated rings. The van der Waals surface area contributed by atoms with Gasteiger partial charge in [-0.2, -0.15) is 0 Å². The van der Waals surface area contributed by atoms with Gasteiger partial charge >= 0.3 is 0 Å². The van der Waals surface area contributed by atoms with Crippen molar-refractivity contribution in [1.29, 1.82) is 0 Å². The van der Waals surface area contributed by atoms with E-state index in [2.05, 4.69) is 15.6 Å². The van der Waals surface area contributed by atoms with E-state index in [0.717, 1.165) is 23.7 Å². The van der Waals surface area contributed by atoms with Crippen molar-refractivity contribution in [2.75, 3.05) is 5.32 Å². The molecule has 1 atom stereocenters. The SMILES string of the molecule is O=C(CC1Nc2c3ccccc3nc(=S)n2C1=O)NC1CC1. The van der Waals surface area contributed by atoms with E-state index in [9.17, 15) is 9.59 Å². The summed E-state index contributed by atoms with van der Waals surface area (Å²) in [6.45, 7) is 0. The lowest BCUT2D eigenvalue weighted by atomic mass is 10.2. The van der Waals surface area contributed by atoms with E-state index >= 15 is 0 Å². The van der Waals surface area contributed by atoms with Crippen LogP contribution < -0.4 is 10.6 Å². The molecule has 0 spiro atoms. The van der Waals surface area contributed by atoms with Gasteiger partial charge < -0.3 is 10.6 Å². The van der Waals surface area contributed by atoms with Gasteiger partial charge in [0.2, 0.25) is 10.7 Å². The monoisotopic (exact) mass is 314 g/mol. The zero-order chi connectivity index (χ0) is 15.3. The lowest BCUT2D eigenvalue weighted by Crippen LogP contribution is -2.34. The maximum atomic E-state index is 12.5. The van der Waals surface area contributed by atoms with E-state index in [1.807, 2.05) is 24.3 Å². The summed E-state index contributed by atoms with van der Waals surface area (Å²) in [6, 6.07) is 7.19. The summed E-state index contributed by atoms with van der Waals surface area (Å²) in [6.07, 6.45) is 2.16. The number of amides is 1. The minimum Gasteiger partial charge on any atom is -0.358 e. The Kier molecular flexibility index (Phi) is 2.97. The highest BCUT2D eigenvalue weighted by atomic mass is 32.1. The fourth-order valence-corrected chi connectivity index (χ4v) is 2.99. The normalized spacial score (nSPS) is 19.8. The first kappa shape index (κ1) is 13.4. The highest BCUT2D eigenvalue weighted by molar-refractivity contribution is 7.71. The zero-order valence-corrected chi connectivity index (χ0v) is 12.5. The summed E-state index contributed by atoms with van der Waals surface area (Å²) in [5.41, 5.74) is 0.738. The van der Waals surface area contributed by atoms with E-state index in [4.69, 9.17) is 12.2 Å². The standard InChI is InChI=1S/C15H14N4O2S/c20-12(16-8-5-6-8)7-11-14(21)19-13(17-11)9-3-1-2-4-10(9)18-15(19)22/h1-4,8,11,17H,5-7H2,(H,16,20). The second-order valence-electron chi connectivity index (χ2n) is 5.68. The smallest absolute Gasteiger partial charge is 0.257 e. The first-order valence-electron chi connectivity index (χ1n) is 7.25. The van der Waals surface area contributed by atoms with Crippen molar-refractivity contribution in [2.24, 2.45) is 0 Å². The molecule has 7 heteroatoms. The second-order valence-corrected chi connectivity index (χ2v) is 6.04. The number of carbonyl (C=O) groups excluding carboxylic acids is 2. The molecule has 2 heterocycles. The van der Waals surface area contributed by atoms with Crippen LogP contribution in [0.5, 0.6) is 0 Å². The second kappa shape index (κ2) is 4.88. The number of nitrogens with zero attached hydrogens (tertiary/aromatic N) is 2. The third kappa shape index (κ3) is 2.18. The summed E-state index contributed by atoms with van der Waals surface area (Å²) in [4.78, 5) is 28.7. The van der Waals surface area contributed by atoms with E-state index in [1.165, 1.54) is 4.57 Å². The van der Waals surface area contributed by atoms with Gasteiger partial charge in [-0.15, -0.1) is 0 Å². The molecule has 1 amide bonds. The third-order valence-corrected chi connectivity index (χ3v) is 4.23. The van der Waals surface area contributed by atoms with Gasteiger partial charge in [-0.1, -0.05) is 12.1 Å². The maximum Gasteiger partial charge on any atom is 0.257 e. The van der Waals surface area contributed by atoms with Crippen molar-refractivity contribution in [2.45, 2.75) is 31.3 Å². The van der Waals surface area contributed by atoms with Crippen molar-refractivity contribution in [3.63, 3.8) is 0 Å². The van der Waals surface area contributed by atoms with Gasteiger partial charge in [0.05, 0.1) is 11.9 Å². The predicted octanol–water partition coefficient (Wildman–Crippen LogP) is 1.87. The summed E-state index contributed by atoms with van der Waals surface area (Å²) in [7, 11) is 0. The first-order chi connectivity index (χ1) is 10.6. The highest BCUT2D eigenvalue weighted by Gasteiger charge is 2.34. The van der Waals surface area contributed by atoms with Crippen LogP contribution in [0.2, 0.25) is 0 Å². The van der Waals surface area contributed by atoms with Crippen LogP contribution in [0.4, 0.5) is 5.82 Å². The number of aromatic nitrogens is 2. The Hall–Kier alpha value is -2.28. The molecule has 0 saturated heterocycles. The minimum atomic E-state index is -0.590. The van der Waals surface area contributed by atoms with Crippen LogP contribution in [0.1, 0.15) is 24.1 Å². The van der Waals surface area contributed by atoms with Crippen LogP contribution in [0.25, 0.3) is 10.9 Å². The zero-order valence-electron chi connectivity index (χ0n) is 11.7. The Balaban J connectivity index is 1.68. The molecule has 2 aliphatic rings. The lowest BCUT2D eigenvalue weighted by molar-refractivity contribution is -0.121. The number of para-hydroxylation sites is 1. The molecule has 1 unspecified atom stereocenters. The fraction of sp³-hybridized carbons (Fsp3) is 0.333. The molecule has 0 bridgehead atoms. The predicted molar refractivity (Wildman–Crippen MR) is 84.4 cm³/mol. The van der Waals surface area contributed by atoms with Crippen LogP contribution in [-0.2, 0) is 4.79 Å². The number of nitrogens with one attached hydrogen (secondary N) is 2. The molecule has 1 aromatic carbocycles. The van der Waals surface area contributed by atoms with Crippen LogP contribution in [0.3, 0.4) is 0 Å². The maximum absolute atomic E-state index is 12.5. The quantitative estimate of drug-likeness (QED) is 0.846. The van der Waals surface area contributed by atoms with Crippen molar-refractivity contribution >= 4 is 40.8 Å². The first-order valence-corrected chi connectivity index (χ1v) is 7.66. The van der Waals surface area contributed by atoms with Crippen LogP contribution in [0.15, 0.2) is 24.3 Å². The van der Waals surface area contributed by atoms with Gasteiger partial charge in [0, 0.05) is 11.4 Å². The van der Waals surface area contributed by atoms with E-state index in [0.29, 0.717) is 5.82 Å². The van der Waals surface area contributed by atoms with Crippen molar-refractivity contribution in [1.82, 2.24) is 14.9 Å². The van der Waals surface area contributed by atoms with E-state index < -0.39 is 6.04 Å². The molecule has 112 valence electrons. The van der Waals surface area contributed by atoms with Crippen molar-refractivity contribution in [3.8, 4) is 0 Å². The third-order valence-electron chi connectivity index (χ3n) is 3.95. The minimum absolute atomic E-state index is 0.107. The molecule has 2 aromatic rings. The average Bonchev–Trinajstić information content (AvgIpc) is 3.23. The molecule has 6 nitrogen and oxygen atoms in total. The molecule has 1 aromatic heterocycles. The van der Waals surface area contributed by atoms with E-state index in [-0.39, 0.29) is 29.0 Å². The summed E-state index contributed by atoms with van der Waals surface area (Å²) in [5.74, 6) is 0.305. The highest BCUT2D eigenvalue weighted by Crippen LogP contribution is 2.28. The number of hydrogen-bond donors (Lipinski definition) is 2. The summed E-state index contributed by atoms with van der Waals surface area (Å²) < 4.78 is 1.61. The molecule has 2 N–H and O–H groups in total. The Morgan fingerprint density at radius 3 is 2.95 bits per heavy atom. The van der Waals surface area contributed by atoms with Gasteiger partial charge in [-0.25, -0.2) is 9.55 Å². The number of benzene rings is 1. The average molecular weight is 314 g/mol. The van der Waals surface area contributed by atoms with Crippen LogP contribution in [0, 0.1) is 4.77 Å². The van der Waals surface area contributed by atoms with Gasteiger partial charge in [0.1, 0.15) is 11.9 Å². The molecule has 0 radical (unpaired) electrons. The van der Waals surface area contributed by atoms with Gasteiger partial charge in [-0.3, -0.25) is 9.59 Å². The Bertz CT molecular complexity index is 856. The van der Waals surface area contributed by atoms with Gasteiger partial charge in [0.25, 0.3) is 5.91 Å². The largest absolute Gasteiger partial charge is 0.358 e. The molecule has 4 rings (SSSR count). The topological polar surface area (TPSA) is 76.0 Å². The number of carbonyl (C=O) groups is 2. The molecule has 1 saturated carbocycles. The van der Waals surface area contributed by atoms with Crippen LogP contribution in [-0.4, -0.2) is 33.4 Å². The van der Waals surface area contributed by atoms with Gasteiger partial charge in [0.15, 0.2) is 0 Å². The number of fused-ring (bicyclic) bond motifs is 3. The van der Waals surface area contributed by atoms with E-state index in [1.54, 1.807) is 0 Å². The number of hydrogen-bond acceptors (Lipinski definition) is 5. The van der Waals surface area contributed by atoms with Crippen molar-refractivity contribution in [3.05, 3.63) is 29.0 Å². The number of rotatable bonds is 3. The summed E-state index contributed by atoms with van der Waals surface area (Å²) >= 11 is 5.22. The summed E-state index contributed by atoms with van der Waals surface area (Å²) in [5, 5.41) is 6.86. The van der Waals surface area contributed by atoms with Gasteiger partial charge in [-0.05, 0) is 37.2 Å². The molecule has 22 heavy (non-hydrogen) atoms. The van der Waals surface area contributed by atoms with Crippen molar-refractivity contribution < 1.29 is 9.59 Å². The Labute approximate surface area is 131 Å². The Morgan fingerprint density at radius 1 is 1.41 bits per heavy atom. The molecule has 1 aliphatic heterocycles.